The normalized spacial score (nSPS) is 26.8. The summed E-state index contributed by atoms with van der Waals surface area (Å²) >= 11 is 1.47. The molecule has 0 spiro atoms. The van der Waals surface area contributed by atoms with Crippen LogP contribution < -0.4 is 5.32 Å². The van der Waals surface area contributed by atoms with E-state index in [1.807, 2.05) is 30.3 Å². The highest BCUT2D eigenvalue weighted by molar-refractivity contribution is 7.16. The Morgan fingerprint density at radius 3 is 2.68 bits per heavy atom. The molecule has 1 amide bonds. The second-order valence-electron chi connectivity index (χ2n) is 6.11. The summed E-state index contributed by atoms with van der Waals surface area (Å²) < 4.78 is 0. The van der Waals surface area contributed by atoms with E-state index in [9.17, 15) is 4.79 Å². The lowest BCUT2D eigenvalue weighted by molar-refractivity contribution is 0.0622. The number of hydrogen-bond acceptors (Lipinski definition) is 4. The van der Waals surface area contributed by atoms with Gasteiger partial charge in [-0.15, -0.1) is 11.3 Å². The molecule has 0 aliphatic carbocycles. The predicted octanol–water partition coefficient (Wildman–Crippen LogP) is 2.63. The van der Waals surface area contributed by atoms with Crippen molar-refractivity contribution in [1.82, 2.24) is 15.2 Å². The number of amides is 1. The van der Waals surface area contributed by atoms with Crippen molar-refractivity contribution in [1.29, 1.82) is 0 Å². The van der Waals surface area contributed by atoms with Gasteiger partial charge >= 0.3 is 0 Å². The zero-order valence-electron chi connectivity index (χ0n) is 12.4. The molecule has 3 aliphatic rings. The molecule has 2 bridgehead atoms. The number of nitrogens with one attached hydrogen (secondary N) is 1. The third-order valence-corrected chi connectivity index (χ3v) is 5.77. The van der Waals surface area contributed by atoms with Gasteiger partial charge in [-0.05, 0) is 31.8 Å². The molecular weight excluding hydrogens is 294 g/mol. The first kappa shape index (κ1) is 13.9. The highest BCUT2D eigenvalue weighted by Gasteiger charge is 2.35. The Morgan fingerprint density at radius 1 is 1.23 bits per heavy atom. The number of thiazole rings is 1. The molecule has 5 heteroatoms. The van der Waals surface area contributed by atoms with E-state index in [2.05, 4.69) is 15.2 Å². The molecule has 1 N–H and O–H groups in total. The van der Waals surface area contributed by atoms with E-state index in [1.165, 1.54) is 37.3 Å². The molecule has 22 heavy (non-hydrogen) atoms. The van der Waals surface area contributed by atoms with Crippen LogP contribution in [-0.4, -0.2) is 41.5 Å². The van der Waals surface area contributed by atoms with Gasteiger partial charge in [0.15, 0.2) is 0 Å². The monoisotopic (exact) mass is 313 g/mol. The van der Waals surface area contributed by atoms with Crippen LogP contribution in [0.1, 0.15) is 22.5 Å². The molecule has 1 unspecified atom stereocenters. The van der Waals surface area contributed by atoms with Gasteiger partial charge < -0.3 is 10.2 Å². The lowest BCUT2D eigenvalue weighted by Crippen LogP contribution is -2.57. The minimum atomic E-state index is 0.0263. The van der Waals surface area contributed by atoms with Gasteiger partial charge in [-0.2, -0.15) is 0 Å². The topological polar surface area (TPSA) is 45.2 Å². The van der Waals surface area contributed by atoms with Gasteiger partial charge in [-0.3, -0.25) is 4.79 Å². The minimum absolute atomic E-state index is 0.0263. The van der Waals surface area contributed by atoms with Gasteiger partial charge in [0.05, 0.1) is 6.20 Å². The number of nitrogens with zero attached hydrogens (tertiary/aromatic N) is 2. The van der Waals surface area contributed by atoms with Crippen LogP contribution in [0.3, 0.4) is 0 Å². The fourth-order valence-electron chi connectivity index (χ4n) is 3.46. The lowest BCUT2D eigenvalue weighted by Gasteiger charge is -2.44. The maximum atomic E-state index is 12.5. The molecule has 3 fully saturated rings. The molecular formula is C17H19N3OS. The quantitative estimate of drug-likeness (QED) is 0.947. The van der Waals surface area contributed by atoms with Crippen molar-refractivity contribution in [3.63, 3.8) is 0 Å². The average molecular weight is 313 g/mol. The van der Waals surface area contributed by atoms with Crippen LogP contribution in [0.15, 0.2) is 36.5 Å². The van der Waals surface area contributed by atoms with Gasteiger partial charge in [-0.25, -0.2) is 4.98 Å². The van der Waals surface area contributed by atoms with Gasteiger partial charge in [-0.1, -0.05) is 30.3 Å². The minimum Gasteiger partial charge on any atom is -0.347 e. The van der Waals surface area contributed by atoms with Crippen molar-refractivity contribution in [2.45, 2.75) is 18.9 Å². The fourth-order valence-corrected chi connectivity index (χ4v) is 4.29. The second kappa shape index (κ2) is 5.82. The molecule has 1 aromatic carbocycles. The Labute approximate surface area is 134 Å². The summed E-state index contributed by atoms with van der Waals surface area (Å²) in [5.41, 5.74) is 1.06. The van der Waals surface area contributed by atoms with Gasteiger partial charge in [0.1, 0.15) is 9.88 Å². The number of hydrogen-bond donors (Lipinski definition) is 1. The van der Waals surface area contributed by atoms with Crippen molar-refractivity contribution >= 4 is 17.2 Å². The Balaban J connectivity index is 1.46. The first-order valence-corrected chi connectivity index (χ1v) is 8.66. The van der Waals surface area contributed by atoms with Crippen molar-refractivity contribution < 1.29 is 4.79 Å². The van der Waals surface area contributed by atoms with Crippen molar-refractivity contribution in [2.24, 2.45) is 5.92 Å². The maximum Gasteiger partial charge on any atom is 0.263 e. The number of benzene rings is 1. The molecule has 3 saturated heterocycles. The average Bonchev–Trinajstić information content (AvgIpc) is 3.07. The predicted molar refractivity (Wildman–Crippen MR) is 88.0 cm³/mol. The molecule has 114 valence electrons. The summed E-state index contributed by atoms with van der Waals surface area (Å²) in [4.78, 5) is 20.0. The highest BCUT2D eigenvalue weighted by atomic mass is 32.1. The molecule has 4 nitrogen and oxygen atoms in total. The summed E-state index contributed by atoms with van der Waals surface area (Å²) in [6.07, 6.45) is 4.12. The largest absolute Gasteiger partial charge is 0.347 e. The SMILES string of the molecule is O=C(NC1CN2CCC1CC2)c1cnc(-c2ccccc2)s1. The Morgan fingerprint density at radius 2 is 2.00 bits per heavy atom. The van der Waals surface area contributed by atoms with E-state index in [0.29, 0.717) is 16.8 Å². The molecule has 0 radical (unpaired) electrons. The number of aromatic nitrogens is 1. The highest BCUT2D eigenvalue weighted by Crippen LogP contribution is 2.29. The number of rotatable bonds is 3. The molecule has 4 heterocycles. The first-order chi connectivity index (χ1) is 10.8. The van der Waals surface area contributed by atoms with Gasteiger partial charge in [0.25, 0.3) is 5.91 Å². The fraction of sp³-hybridized carbons (Fsp3) is 0.412. The van der Waals surface area contributed by atoms with E-state index >= 15 is 0 Å². The van der Waals surface area contributed by atoms with Crippen molar-refractivity contribution in [2.75, 3.05) is 19.6 Å². The lowest BCUT2D eigenvalue weighted by atomic mass is 9.84. The number of piperidine rings is 3. The summed E-state index contributed by atoms with van der Waals surface area (Å²) in [6.45, 7) is 3.38. The van der Waals surface area contributed by atoms with E-state index < -0.39 is 0 Å². The molecule has 1 aromatic heterocycles. The zero-order valence-corrected chi connectivity index (χ0v) is 13.2. The standard InChI is InChI=1S/C17H19N3OS/c21-16(19-14-11-20-8-6-12(14)7-9-20)15-10-18-17(22-15)13-4-2-1-3-5-13/h1-5,10,12,14H,6-9,11H2,(H,19,21). The van der Waals surface area contributed by atoms with Crippen LogP contribution in [-0.2, 0) is 0 Å². The van der Waals surface area contributed by atoms with Crippen LogP contribution in [0.2, 0.25) is 0 Å². The molecule has 1 atom stereocenters. The Hall–Kier alpha value is -1.72. The van der Waals surface area contributed by atoms with Crippen LogP contribution in [0.25, 0.3) is 10.6 Å². The van der Waals surface area contributed by atoms with Crippen LogP contribution in [0.4, 0.5) is 0 Å². The first-order valence-electron chi connectivity index (χ1n) is 7.84. The third kappa shape index (κ3) is 2.66. The zero-order chi connectivity index (χ0) is 14.9. The van der Waals surface area contributed by atoms with Gasteiger partial charge in [0, 0.05) is 18.2 Å². The Kier molecular flexibility index (Phi) is 3.68. The Bertz CT molecular complexity index is 662. The van der Waals surface area contributed by atoms with Gasteiger partial charge in [0.2, 0.25) is 0 Å². The number of carbonyl (C=O) groups excluding carboxylic acids is 1. The van der Waals surface area contributed by atoms with Crippen molar-refractivity contribution in [3.8, 4) is 10.6 Å². The molecule has 3 aliphatic heterocycles. The second-order valence-corrected chi connectivity index (χ2v) is 7.14. The number of carbonyl (C=O) groups is 1. The van der Waals surface area contributed by atoms with Crippen LogP contribution >= 0.6 is 11.3 Å². The smallest absolute Gasteiger partial charge is 0.263 e. The van der Waals surface area contributed by atoms with Crippen LogP contribution in [0.5, 0.6) is 0 Å². The van der Waals surface area contributed by atoms with Crippen LogP contribution in [0, 0.1) is 5.92 Å². The number of fused-ring (bicyclic) bond motifs is 3. The van der Waals surface area contributed by atoms with E-state index in [-0.39, 0.29) is 5.91 Å². The van der Waals surface area contributed by atoms with E-state index in [0.717, 1.165) is 17.1 Å². The summed E-state index contributed by atoms with van der Waals surface area (Å²) in [6, 6.07) is 10.3. The van der Waals surface area contributed by atoms with E-state index in [1.54, 1.807) is 6.20 Å². The molecule has 2 aromatic rings. The summed E-state index contributed by atoms with van der Waals surface area (Å²) in [5.74, 6) is 0.675. The summed E-state index contributed by atoms with van der Waals surface area (Å²) in [7, 11) is 0. The molecule has 0 saturated carbocycles. The summed E-state index contributed by atoms with van der Waals surface area (Å²) in [5, 5.41) is 4.12. The molecule has 5 rings (SSSR count). The third-order valence-electron chi connectivity index (χ3n) is 4.72. The maximum absolute atomic E-state index is 12.5. The van der Waals surface area contributed by atoms with E-state index in [4.69, 9.17) is 0 Å². The van der Waals surface area contributed by atoms with Crippen molar-refractivity contribution in [3.05, 3.63) is 41.4 Å².